The Morgan fingerprint density at radius 1 is 1.17 bits per heavy atom. The summed E-state index contributed by atoms with van der Waals surface area (Å²) in [6.07, 6.45) is 9.57. The van der Waals surface area contributed by atoms with Crippen molar-refractivity contribution >= 4 is 11.9 Å². The van der Waals surface area contributed by atoms with Crippen LogP contribution < -0.4 is 11.5 Å². The number of nitrogens with two attached hydrogens (primary N) is 2. The van der Waals surface area contributed by atoms with Crippen LogP contribution in [0.2, 0.25) is 0 Å². The first-order valence-corrected chi connectivity index (χ1v) is 18.4. The molecule has 3 saturated carbocycles. The summed E-state index contributed by atoms with van der Waals surface area (Å²) >= 11 is 0. The number of aliphatic carboxylic acids is 1. The third-order valence-electron chi connectivity index (χ3n) is 15.6. The van der Waals surface area contributed by atoms with Gasteiger partial charge in [0.2, 0.25) is 0 Å². The Hall–Kier alpha value is -2.04. The molecule has 2 bridgehead atoms. The average molecular weight is 655 g/mol. The van der Waals surface area contributed by atoms with Crippen molar-refractivity contribution < 1.29 is 19.4 Å². The number of tetrazole rings is 1. The minimum absolute atomic E-state index is 0.144. The van der Waals surface area contributed by atoms with E-state index in [4.69, 9.17) is 20.9 Å². The van der Waals surface area contributed by atoms with Crippen molar-refractivity contribution in [1.82, 2.24) is 20.2 Å². The largest absolute Gasteiger partial charge is 0.481 e. The van der Waals surface area contributed by atoms with Crippen molar-refractivity contribution in [3.05, 3.63) is 11.6 Å². The van der Waals surface area contributed by atoms with Crippen LogP contribution in [0.15, 0.2) is 11.6 Å². The van der Waals surface area contributed by atoms with Crippen LogP contribution in [0.25, 0.3) is 0 Å². The Morgan fingerprint density at radius 2 is 1.89 bits per heavy atom. The van der Waals surface area contributed by atoms with E-state index in [-0.39, 0.29) is 50.7 Å². The summed E-state index contributed by atoms with van der Waals surface area (Å²) in [4.78, 5) is 15.1. The molecule has 264 valence electrons. The zero-order valence-electron chi connectivity index (χ0n) is 30.5. The van der Waals surface area contributed by atoms with E-state index in [2.05, 4.69) is 83.8 Å². The summed E-state index contributed by atoms with van der Waals surface area (Å²) in [6, 6.07) is -0.162. The number of carboxylic acids is 1. The molecule has 4 fully saturated rings. The first-order chi connectivity index (χ1) is 21.9. The fourth-order valence-corrected chi connectivity index (χ4v) is 12.1. The van der Waals surface area contributed by atoms with Crippen molar-refractivity contribution in [2.75, 3.05) is 25.6 Å². The minimum atomic E-state index is -0.630. The van der Waals surface area contributed by atoms with Crippen molar-refractivity contribution in [1.29, 1.82) is 0 Å². The zero-order chi connectivity index (χ0) is 34.4. The van der Waals surface area contributed by atoms with Gasteiger partial charge in [-0.3, -0.25) is 4.79 Å². The Bertz CT molecular complexity index is 1390. The number of aromatic nitrogens is 4. The molecule has 1 unspecified atom stereocenters. The van der Waals surface area contributed by atoms with E-state index in [1.165, 1.54) is 5.57 Å². The van der Waals surface area contributed by atoms with Gasteiger partial charge in [0.05, 0.1) is 25.2 Å². The second-order valence-electron chi connectivity index (χ2n) is 18.1. The maximum atomic E-state index is 13.4. The molecule has 10 heteroatoms. The van der Waals surface area contributed by atoms with Gasteiger partial charge in [0.1, 0.15) is 6.04 Å². The number of anilines is 1. The van der Waals surface area contributed by atoms with E-state index in [0.29, 0.717) is 43.5 Å². The van der Waals surface area contributed by atoms with Gasteiger partial charge in [0.15, 0.2) is 0 Å². The first-order valence-electron chi connectivity index (χ1n) is 18.4. The van der Waals surface area contributed by atoms with Crippen LogP contribution in [0.1, 0.15) is 120 Å². The highest BCUT2D eigenvalue weighted by Crippen LogP contribution is 2.75. The van der Waals surface area contributed by atoms with Crippen LogP contribution in [-0.2, 0) is 14.3 Å². The highest BCUT2D eigenvalue weighted by Gasteiger charge is 2.72. The standard InChI is InChI=1S/C37H62N6O4/c1-10-32(5,39)17-18-47-29-26(43-41-31(38)40-42-43)19-37-21-46-20-34(29,7)27(37)12-11-24-25(37)13-14-36(9)28(30(44)45)33(6,23(4)22(2)3)15-16-35(24,36)8/h13,22-24,26-29H,10-12,14-21,39H2,1-9H3,(H2,38,41)(H,44,45)/t23-,24+,26-,27+,28-,29+,32?,33-,34+,35-,36+,37+/m1/s1. The van der Waals surface area contributed by atoms with Crippen molar-refractivity contribution in [3.8, 4) is 0 Å². The molecule has 5 N–H and O–H groups in total. The first kappa shape index (κ1) is 34.8. The summed E-state index contributed by atoms with van der Waals surface area (Å²) in [5.41, 5.74) is 12.5. The predicted molar refractivity (Wildman–Crippen MR) is 182 cm³/mol. The van der Waals surface area contributed by atoms with E-state index in [1.807, 2.05) is 0 Å². The van der Waals surface area contributed by atoms with Crippen LogP contribution in [0.4, 0.5) is 5.95 Å². The Morgan fingerprint density at radius 3 is 2.51 bits per heavy atom. The van der Waals surface area contributed by atoms with Crippen molar-refractivity contribution in [2.24, 2.45) is 62.4 Å². The molecule has 1 aliphatic heterocycles. The lowest BCUT2D eigenvalue weighted by atomic mass is 9.34. The van der Waals surface area contributed by atoms with Crippen LogP contribution >= 0.6 is 0 Å². The molecular formula is C37H62N6O4. The second kappa shape index (κ2) is 11.5. The molecule has 0 aromatic carbocycles. The number of nitrogens with zero attached hydrogens (tertiary/aromatic N) is 4. The smallest absolute Gasteiger partial charge is 0.307 e. The van der Waals surface area contributed by atoms with Crippen LogP contribution in [-0.4, -0.2) is 62.7 Å². The number of nitrogen functional groups attached to an aromatic ring is 1. The van der Waals surface area contributed by atoms with Gasteiger partial charge in [0.25, 0.3) is 5.95 Å². The number of rotatable bonds is 9. The molecule has 4 aliphatic carbocycles. The molecule has 5 aliphatic rings. The predicted octanol–water partition coefficient (Wildman–Crippen LogP) is 6.29. The van der Waals surface area contributed by atoms with E-state index < -0.39 is 11.9 Å². The number of ether oxygens (including phenoxy) is 2. The van der Waals surface area contributed by atoms with E-state index >= 15 is 0 Å². The van der Waals surface area contributed by atoms with Crippen molar-refractivity contribution in [2.45, 2.75) is 131 Å². The van der Waals surface area contributed by atoms with Crippen LogP contribution in [0.5, 0.6) is 0 Å². The molecule has 12 atom stereocenters. The lowest BCUT2D eigenvalue weighted by molar-refractivity contribution is -0.251. The molecule has 10 nitrogen and oxygen atoms in total. The van der Waals surface area contributed by atoms with E-state index in [0.717, 1.165) is 51.4 Å². The van der Waals surface area contributed by atoms with Gasteiger partial charge in [0, 0.05) is 23.0 Å². The molecule has 1 aromatic heterocycles. The topological polar surface area (TPSA) is 151 Å². The summed E-state index contributed by atoms with van der Waals surface area (Å²) in [5, 5.41) is 24.1. The van der Waals surface area contributed by atoms with Gasteiger partial charge >= 0.3 is 5.97 Å². The number of hydrogen-bond acceptors (Lipinski definition) is 8. The normalized spacial score (nSPS) is 44.8. The zero-order valence-corrected chi connectivity index (χ0v) is 30.5. The molecular weight excluding hydrogens is 592 g/mol. The van der Waals surface area contributed by atoms with Gasteiger partial charge in [-0.05, 0) is 103 Å². The molecule has 2 heterocycles. The van der Waals surface area contributed by atoms with E-state index in [9.17, 15) is 9.90 Å². The molecule has 0 radical (unpaired) electrons. The quantitative estimate of drug-likeness (QED) is 0.261. The lowest BCUT2D eigenvalue weighted by Crippen LogP contribution is -2.69. The molecule has 1 saturated heterocycles. The highest BCUT2D eigenvalue weighted by atomic mass is 16.5. The molecule has 6 rings (SSSR count). The van der Waals surface area contributed by atoms with Gasteiger partial charge in [-0.1, -0.05) is 72.1 Å². The Kier molecular flexibility index (Phi) is 8.52. The molecule has 0 amide bonds. The highest BCUT2D eigenvalue weighted by molar-refractivity contribution is 5.73. The summed E-state index contributed by atoms with van der Waals surface area (Å²) in [7, 11) is 0. The lowest BCUT2D eigenvalue weighted by Gasteiger charge is -2.71. The third kappa shape index (κ3) is 4.96. The molecule has 47 heavy (non-hydrogen) atoms. The van der Waals surface area contributed by atoms with Gasteiger partial charge in [-0.2, -0.15) is 4.80 Å². The number of allylic oxidation sites excluding steroid dienone is 1. The number of carboxylic acid groups (broad SMARTS) is 1. The van der Waals surface area contributed by atoms with E-state index in [1.54, 1.807) is 4.80 Å². The molecule has 0 spiro atoms. The van der Waals surface area contributed by atoms with Gasteiger partial charge in [-0.15, -0.1) is 5.10 Å². The van der Waals surface area contributed by atoms with Gasteiger partial charge in [-0.25, -0.2) is 0 Å². The summed E-state index contributed by atoms with van der Waals surface area (Å²) in [5.74, 6) is 0.506. The fraction of sp³-hybridized carbons (Fsp3) is 0.892. The minimum Gasteiger partial charge on any atom is -0.481 e. The average Bonchev–Trinajstić information content (AvgIpc) is 3.43. The number of fused-ring (bicyclic) bond motifs is 3. The maximum Gasteiger partial charge on any atom is 0.307 e. The fourth-order valence-electron chi connectivity index (χ4n) is 12.1. The maximum absolute atomic E-state index is 13.4. The monoisotopic (exact) mass is 654 g/mol. The number of hydrogen-bond donors (Lipinski definition) is 3. The summed E-state index contributed by atoms with van der Waals surface area (Å²) in [6.45, 7) is 22.2. The molecule has 1 aromatic rings. The van der Waals surface area contributed by atoms with Crippen LogP contribution in [0, 0.1) is 56.7 Å². The van der Waals surface area contributed by atoms with Crippen molar-refractivity contribution in [3.63, 3.8) is 0 Å². The van der Waals surface area contributed by atoms with Gasteiger partial charge < -0.3 is 26.0 Å². The van der Waals surface area contributed by atoms with Crippen LogP contribution in [0.3, 0.4) is 0 Å². The Labute approximate surface area is 282 Å². The number of carbonyl (C=O) groups is 1. The summed E-state index contributed by atoms with van der Waals surface area (Å²) < 4.78 is 13.5. The third-order valence-corrected chi connectivity index (χ3v) is 15.6. The Balaban J connectivity index is 1.42. The second-order valence-corrected chi connectivity index (χ2v) is 18.1. The SMILES string of the molecule is CCC(C)(N)CCO[C@H]1[C@H](n2nnc(N)n2)C[C@@]23COC[C@@]1(C)[C@@H]2CC[C@H]1C3=CC[C@@]2(C)[C@H](C(=O)O)[C@@](C)([C@H](C)C(C)C)CC[C@]12C.